The Balaban J connectivity index is 1.68. The molecular weight excluding hydrogens is 164 g/mol. The maximum Gasteiger partial charge on any atom is 0.0606 e. The monoisotopic (exact) mass is 184 g/mol. The van der Waals surface area contributed by atoms with Crippen LogP contribution in [0.1, 0.15) is 25.7 Å². The Hall–Kier alpha value is 0.177. The minimum atomic E-state index is -0.288. The minimum absolute atomic E-state index is 0.288. The van der Waals surface area contributed by atoms with Crippen molar-refractivity contribution in [1.29, 1.82) is 0 Å². The fourth-order valence-corrected chi connectivity index (χ4v) is 3.64. The van der Waals surface area contributed by atoms with E-state index in [9.17, 15) is 0 Å². The molecule has 3 rings (SSSR count). The zero-order valence-corrected chi connectivity index (χ0v) is 9.41. The van der Waals surface area contributed by atoms with Gasteiger partial charge in [-0.3, -0.25) is 0 Å². The van der Waals surface area contributed by atoms with Gasteiger partial charge in [0.2, 0.25) is 0 Å². The first kappa shape index (κ1) is 8.76. The molecule has 2 unspecified atom stereocenters. The number of hydrogen-bond donors (Lipinski definition) is 0. The Morgan fingerprint density at radius 2 is 1.75 bits per heavy atom. The fraction of sp³-hybridized carbons (Fsp3) is 1.00. The lowest BCUT2D eigenvalue weighted by atomic mass is 9.79. The second-order valence-corrected chi connectivity index (χ2v) is 8.29. The van der Waals surface area contributed by atoms with Gasteiger partial charge in [0.05, 0.1) is 12.2 Å². The topological polar surface area (TPSA) is 9.23 Å². The standard InChI is InChI=1S/C10H20OSi/c1-12(2)4-3-8-5-9-7-10(6-8)11-9/h8-10,12H,3-7H2,1-2H3. The molecule has 0 aromatic rings. The normalized spacial score (nSPS) is 39.8. The van der Waals surface area contributed by atoms with Crippen LogP contribution in [0, 0.1) is 5.92 Å². The van der Waals surface area contributed by atoms with Crippen LogP contribution in [0.5, 0.6) is 0 Å². The number of fused-ring (bicyclic) bond motifs is 2. The van der Waals surface area contributed by atoms with Crippen molar-refractivity contribution in [3.63, 3.8) is 0 Å². The molecule has 2 aliphatic heterocycles. The van der Waals surface area contributed by atoms with E-state index in [4.69, 9.17) is 4.74 Å². The molecule has 12 heavy (non-hydrogen) atoms. The lowest BCUT2D eigenvalue weighted by Crippen LogP contribution is -2.45. The second kappa shape index (κ2) is 3.50. The molecule has 2 heteroatoms. The Bertz CT molecular complexity index is 142. The molecule has 0 spiro atoms. The third-order valence-electron chi connectivity index (χ3n) is 3.26. The van der Waals surface area contributed by atoms with Crippen LogP contribution in [0.25, 0.3) is 0 Å². The summed E-state index contributed by atoms with van der Waals surface area (Å²) in [4.78, 5) is 0. The molecule has 2 heterocycles. The Morgan fingerprint density at radius 3 is 2.25 bits per heavy atom. The molecule has 0 aromatic heterocycles. The summed E-state index contributed by atoms with van der Waals surface area (Å²) in [6.45, 7) is 4.92. The summed E-state index contributed by atoms with van der Waals surface area (Å²) >= 11 is 0. The average Bonchev–Trinajstić information content (AvgIpc) is 2.00. The molecule has 3 aliphatic rings. The van der Waals surface area contributed by atoms with Crippen molar-refractivity contribution in [3.05, 3.63) is 0 Å². The van der Waals surface area contributed by atoms with Gasteiger partial charge in [-0.05, 0) is 25.2 Å². The summed E-state index contributed by atoms with van der Waals surface area (Å²) < 4.78 is 5.62. The Labute approximate surface area is 77.1 Å². The van der Waals surface area contributed by atoms with Gasteiger partial charge in [-0.15, -0.1) is 0 Å². The first-order chi connectivity index (χ1) is 5.74. The quantitative estimate of drug-likeness (QED) is 0.612. The van der Waals surface area contributed by atoms with E-state index in [0.29, 0.717) is 12.2 Å². The Kier molecular flexibility index (Phi) is 2.56. The van der Waals surface area contributed by atoms with Crippen LogP contribution in [0.15, 0.2) is 0 Å². The van der Waals surface area contributed by atoms with Crippen molar-refractivity contribution >= 4 is 8.80 Å². The van der Waals surface area contributed by atoms with Crippen molar-refractivity contribution in [1.82, 2.24) is 0 Å². The molecule has 3 fully saturated rings. The average molecular weight is 184 g/mol. The van der Waals surface area contributed by atoms with Gasteiger partial charge in [-0.2, -0.15) is 0 Å². The highest BCUT2D eigenvalue weighted by molar-refractivity contribution is 6.55. The van der Waals surface area contributed by atoms with Crippen LogP contribution in [0.2, 0.25) is 19.1 Å². The van der Waals surface area contributed by atoms with Crippen LogP contribution in [0.4, 0.5) is 0 Å². The molecule has 0 radical (unpaired) electrons. The lowest BCUT2D eigenvalue weighted by Gasteiger charge is -2.45. The highest BCUT2D eigenvalue weighted by atomic mass is 28.3. The fourth-order valence-electron chi connectivity index (χ4n) is 2.50. The first-order valence-electron chi connectivity index (χ1n) is 5.39. The van der Waals surface area contributed by atoms with Crippen molar-refractivity contribution in [2.75, 3.05) is 0 Å². The number of rotatable bonds is 3. The molecular formula is C10H20OSi. The predicted molar refractivity (Wildman–Crippen MR) is 54.3 cm³/mol. The molecule has 0 aromatic carbocycles. The van der Waals surface area contributed by atoms with Gasteiger partial charge < -0.3 is 4.74 Å². The van der Waals surface area contributed by atoms with Crippen LogP contribution < -0.4 is 0 Å². The summed E-state index contributed by atoms with van der Waals surface area (Å²) in [6, 6.07) is 1.55. The summed E-state index contributed by atoms with van der Waals surface area (Å²) in [5.74, 6) is 1.03. The van der Waals surface area contributed by atoms with Crippen LogP contribution >= 0.6 is 0 Å². The molecule has 1 saturated carbocycles. The maximum absolute atomic E-state index is 5.62. The van der Waals surface area contributed by atoms with Crippen LogP contribution in [-0.2, 0) is 4.74 Å². The van der Waals surface area contributed by atoms with E-state index in [1.54, 1.807) is 6.04 Å². The van der Waals surface area contributed by atoms with E-state index in [2.05, 4.69) is 13.1 Å². The third-order valence-corrected chi connectivity index (χ3v) is 4.74. The van der Waals surface area contributed by atoms with E-state index in [1.165, 1.54) is 25.7 Å². The smallest absolute Gasteiger partial charge is 0.0606 e. The van der Waals surface area contributed by atoms with Gasteiger partial charge in [0, 0.05) is 8.80 Å². The number of hydrogen-bond acceptors (Lipinski definition) is 1. The molecule has 2 atom stereocenters. The van der Waals surface area contributed by atoms with Crippen molar-refractivity contribution < 1.29 is 4.74 Å². The Morgan fingerprint density at radius 1 is 1.17 bits per heavy atom. The van der Waals surface area contributed by atoms with Gasteiger partial charge in [0.15, 0.2) is 0 Å². The predicted octanol–water partition coefficient (Wildman–Crippen LogP) is 2.43. The lowest BCUT2D eigenvalue weighted by molar-refractivity contribution is -0.173. The van der Waals surface area contributed by atoms with Gasteiger partial charge in [0.25, 0.3) is 0 Å². The van der Waals surface area contributed by atoms with E-state index in [-0.39, 0.29) is 8.80 Å². The zero-order valence-electron chi connectivity index (χ0n) is 8.25. The highest BCUT2D eigenvalue weighted by Crippen LogP contribution is 2.40. The van der Waals surface area contributed by atoms with E-state index in [1.807, 2.05) is 0 Å². The van der Waals surface area contributed by atoms with Crippen LogP contribution in [-0.4, -0.2) is 21.0 Å². The summed E-state index contributed by atoms with van der Waals surface area (Å²) in [5, 5.41) is 0. The minimum Gasteiger partial charge on any atom is -0.375 e. The van der Waals surface area contributed by atoms with Crippen LogP contribution in [0.3, 0.4) is 0 Å². The highest BCUT2D eigenvalue weighted by Gasteiger charge is 2.38. The van der Waals surface area contributed by atoms with E-state index in [0.717, 1.165) is 5.92 Å². The largest absolute Gasteiger partial charge is 0.375 e. The third kappa shape index (κ3) is 1.91. The molecule has 70 valence electrons. The van der Waals surface area contributed by atoms with Crippen molar-refractivity contribution in [2.24, 2.45) is 5.92 Å². The molecule has 0 amide bonds. The summed E-state index contributed by atoms with van der Waals surface area (Å²) in [6.07, 6.45) is 6.95. The molecule has 1 aliphatic carbocycles. The van der Waals surface area contributed by atoms with Crippen molar-refractivity contribution in [3.8, 4) is 0 Å². The maximum atomic E-state index is 5.62. The van der Waals surface area contributed by atoms with E-state index < -0.39 is 0 Å². The van der Waals surface area contributed by atoms with Gasteiger partial charge in [0.1, 0.15) is 0 Å². The summed E-state index contributed by atoms with van der Waals surface area (Å²) in [7, 11) is -0.288. The molecule has 2 bridgehead atoms. The SMILES string of the molecule is C[SiH](C)CCC1CC2CC(C1)O2. The molecule has 0 N–H and O–H groups in total. The zero-order chi connectivity index (χ0) is 8.55. The number of ether oxygens (including phenoxy) is 1. The summed E-state index contributed by atoms with van der Waals surface area (Å²) in [5.41, 5.74) is 0. The van der Waals surface area contributed by atoms with Gasteiger partial charge in [-0.1, -0.05) is 25.6 Å². The van der Waals surface area contributed by atoms with E-state index >= 15 is 0 Å². The molecule has 1 nitrogen and oxygen atoms in total. The van der Waals surface area contributed by atoms with Gasteiger partial charge in [-0.25, -0.2) is 0 Å². The van der Waals surface area contributed by atoms with Gasteiger partial charge >= 0.3 is 0 Å². The second-order valence-electron chi connectivity index (χ2n) is 4.92. The van der Waals surface area contributed by atoms with Crippen molar-refractivity contribution in [2.45, 2.75) is 57.0 Å². The molecule has 2 saturated heterocycles. The first-order valence-corrected chi connectivity index (χ1v) is 8.52.